The molecule has 3 aromatic rings. The molecule has 2 amide bonds. The molecule has 0 radical (unpaired) electrons. The number of benzene rings is 2. The third kappa shape index (κ3) is 3.78. The number of anilines is 2. The maximum Gasteiger partial charge on any atom is 0.270 e. The van der Waals surface area contributed by atoms with Crippen molar-refractivity contribution in [3.8, 4) is 0 Å². The predicted molar refractivity (Wildman–Crippen MR) is 95.0 cm³/mol. The molecule has 0 saturated carbocycles. The normalized spacial score (nSPS) is 10.4. The molecule has 126 valence electrons. The first-order chi connectivity index (χ1) is 11.9. The van der Waals surface area contributed by atoms with E-state index in [2.05, 4.69) is 15.6 Å². The minimum Gasteiger partial charge on any atom is -0.326 e. The number of nitrogens with zero attached hydrogens (tertiary/aromatic N) is 2. The summed E-state index contributed by atoms with van der Waals surface area (Å²) in [5, 5.41) is 16.5. The zero-order chi connectivity index (χ0) is 18.0. The van der Waals surface area contributed by atoms with Gasteiger partial charge < -0.3 is 5.32 Å². The highest BCUT2D eigenvalue weighted by atomic mass is 32.1. The first-order valence-corrected chi connectivity index (χ1v) is 7.98. The Bertz CT molecular complexity index is 999. The van der Waals surface area contributed by atoms with Crippen molar-refractivity contribution in [3.63, 3.8) is 0 Å². The minimum atomic E-state index is -0.558. The molecule has 8 nitrogen and oxygen atoms in total. The minimum absolute atomic E-state index is 0.156. The molecule has 0 aliphatic carbocycles. The van der Waals surface area contributed by atoms with Crippen LogP contribution in [0.3, 0.4) is 0 Å². The van der Waals surface area contributed by atoms with E-state index in [1.807, 2.05) is 0 Å². The number of nitro benzene ring substituents is 1. The molecular formula is C16H12N4O4S. The van der Waals surface area contributed by atoms with E-state index in [1.54, 1.807) is 18.2 Å². The largest absolute Gasteiger partial charge is 0.326 e. The topological polar surface area (TPSA) is 114 Å². The molecule has 0 bridgehead atoms. The molecule has 0 aliphatic rings. The summed E-state index contributed by atoms with van der Waals surface area (Å²) < 4.78 is 0.792. The van der Waals surface area contributed by atoms with Crippen LogP contribution in [0.5, 0.6) is 0 Å². The van der Waals surface area contributed by atoms with E-state index in [0.717, 1.165) is 4.70 Å². The van der Waals surface area contributed by atoms with Gasteiger partial charge in [-0.3, -0.25) is 25.0 Å². The van der Waals surface area contributed by atoms with Crippen LogP contribution in [0.4, 0.5) is 16.5 Å². The number of hydrogen-bond donors (Lipinski definition) is 2. The number of fused-ring (bicyclic) bond motifs is 1. The van der Waals surface area contributed by atoms with Gasteiger partial charge in [0.15, 0.2) is 5.13 Å². The molecule has 25 heavy (non-hydrogen) atoms. The van der Waals surface area contributed by atoms with Crippen molar-refractivity contribution in [2.24, 2.45) is 0 Å². The van der Waals surface area contributed by atoms with Gasteiger partial charge >= 0.3 is 0 Å². The molecule has 2 aromatic carbocycles. The van der Waals surface area contributed by atoms with Crippen molar-refractivity contribution >= 4 is 49.9 Å². The van der Waals surface area contributed by atoms with Gasteiger partial charge in [-0.05, 0) is 24.3 Å². The summed E-state index contributed by atoms with van der Waals surface area (Å²) in [5.41, 5.74) is 1.33. The number of nitrogens with one attached hydrogen (secondary N) is 2. The number of hydrogen-bond acceptors (Lipinski definition) is 6. The summed E-state index contributed by atoms with van der Waals surface area (Å²) in [5.74, 6) is -0.659. The van der Waals surface area contributed by atoms with Crippen molar-refractivity contribution in [1.29, 1.82) is 0 Å². The van der Waals surface area contributed by atoms with E-state index in [9.17, 15) is 19.7 Å². The standard InChI is InChI=1S/C16H12N4O4S/c1-9(21)17-11-5-6-13-14(8-11)25-16(18-13)19-15(22)10-3-2-4-12(7-10)20(23)24/h2-8H,1H3,(H,17,21)(H,18,19,22). The summed E-state index contributed by atoms with van der Waals surface area (Å²) in [4.78, 5) is 37.9. The Labute approximate surface area is 145 Å². The highest BCUT2D eigenvalue weighted by Gasteiger charge is 2.14. The third-order valence-corrected chi connectivity index (χ3v) is 4.18. The molecule has 1 heterocycles. The fourth-order valence-corrected chi connectivity index (χ4v) is 3.09. The van der Waals surface area contributed by atoms with Crippen molar-refractivity contribution in [2.45, 2.75) is 6.92 Å². The Balaban J connectivity index is 1.82. The van der Waals surface area contributed by atoms with Gasteiger partial charge in [-0.25, -0.2) is 4.98 Å². The number of carbonyl (C=O) groups excluding carboxylic acids is 2. The number of amides is 2. The smallest absolute Gasteiger partial charge is 0.270 e. The Hall–Kier alpha value is -3.33. The van der Waals surface area contributed by atoms with Crippen LogP contribution in [0.15, 0.2) is 42.5 Å². The van der Waals surface area contributed by atoms with Crippen LogP contribution in [0, 0.1) is 10.1 Å². The zero-order valence-corrected chi connectivity index (χ0v) is 13.8. The molecule has 2 N–H and O–H groups in total. The fourth-order valence-electron chi connectivity index (χ4n) is 2.19. The third-order valence-electron chi connectivity index (χ3n) is 3.25. The molecule has 0 atom stereocenters. The lowest BCUT2D eigenvalue weighted by Crippen LogP contribution is -2.11. The Morgan fingerprint density at radius 2 is 1.96 bits per heavy atom. The second-order valence-corrected chi connectivity index (χ2v) is 6.17. The number of nitro groups is 1. The van der Waals surface area contributed by atoms with Crippen molar-refractivity contribution in [2.75, 3.05) is 10.6 Å². The van der Waals surface area contributed by atoms with Crippen LogP contribution in [0.2, 0.25) is 0 Å². The van der Waals surface area contributed by atoms with Crippen molar-refractivity contribution < 1.29 is 14.5 Å². The van der Waals surface area contributed by atoms with E-state index >= 15 is 0 Å². The van der Waals surface area contributed by atoms with E-state index in [-0.39, 0.29) is 17.2 Å². The summed E-state index contributed by atoms with van der Waals surface area (Å²) >= 11 is 1.24. The van der Waals surface area contributed by atoms with Crippen LogP contribution in [-0.2, 0) is 4.79 Å². The van der Waals surface area contributed by atoms with E-state index in [0.29, 0.717) is 16.3 Å². The fraction of sp³-hybridized carbons (Fsp3) is 0.0625. The van der Waals surface area contributed by atoms with Gasteiger partial charge in [0.2, 0.25) is 5.91 Å². The second kappa shape index (κ2) is 6.65. The average molecular weight is 356 g/mol. The lowest BCUT2D eigenvalue weighted by atomic mass is 10.2. The summed E-state index contributed by atoms with van der Waals surface area (Å²) in [6.45, 7) is 1.42. The molecule has 0 spiro atoms. The van der Waals surface area contributed by atoms with Gasteiger partial charge in [0, 0.05) is 30.3 Å². The van der Waals surface area contributed by atoms with Gasteiger partial charge in [0.1, 0.15) is 0 Å². The van der Waals surface area contributed by atoms with Crippen molar-refractivity contribution in [1.82, 2.24) is 4.98 Å². The SMILES string of the molecule is CC(=O)Nc1ccc2nc(NC(=O)c3cccc([N+](=O)[O-])c3)sc2c1. The molecule has 0 unspecified atom stereocenters. The number of aromatic nitrogens is 1. The van der Waals surface area contributed by atoms with Crippen LogP contribution in [-0.4, -0.2) is 21.7 Å². The van der Waals surface area contributed by atoms with Crippen LogP contribution in [0.25, 0.3) is 10.2 Å². The van der Waals surface area contributed by atoms with Gasteiger partial charge in [-0.2, -0.15) is 0 Å². The molecular weight excluding hydrogens is 344 g/mol. The average Bonchev–Trinajstić information content (AvgIpc) is 2.95. The highest BCUT2D eigenvalue weighted by Crippen LogP contribution is 2.29. The molecule has 0 saturated heterocycles. The van der Waals surface area contributed by atoms with Gasteiger partial charge in [-0.1, -0.05) is 17.4 Å². The monoisotopic (exact) mass is 356 g/mol. The lowest BCUT2D eigenvalue weighted by Gasteiger charge is -2.01. The first kappa shape index (κ1) is 16.5. The number of non-ortho nitro benzene ring substituents is 1. The Morgan fingerprint density at radius 1 is 1.16 bits per heavy atom. The number of carbonyl (C=O) groups is 2. The molecule has 1 aromatic heterocycles. The van der Waals surface area contributed by atoms with Crippen LogP contribution in [0.1, 0.15) is 17.3 Å². The van der Waals surface area contributed by atoms with Crippen LogP contribution >= 0.6 is 11.3 Å². The second-order valence-electron chi connectivity index (χ2n) is 5.14. The summed E-state index contributed by atoms with van der Waals surface area (Å²) in [6, 6.07) is 10.7. The van der Waals surface area contributed by atoms with Gasteiger partial charge in [0.25, 0.3) is 11.6 Å². The summed E-state index contributed by atoms with van der Waals surface area (Å²) in [6.07, 6.45) is 0. The molecule has 9 heteroatoms. The predicted octanol–water partition coefficient (Wildman–Crippen LogP) is 3.42. The molecule has 0 aliphatic heterocycles. The van der Waals surface area contributed by atoms with Crippen molar-refractivity contribution in [3.05, 3.63) is 58.1 Å². The quantitative estimate of drug-likeness (QED) is 0.549. The zero-order valence-electron chi connectivity index (χ0n) is 13.0. The highest BCUT2D eigenvalue weighted by molar-refractivity contribution is 7.22. The van der Waals surface area contributed by atoms with Gasteiger partial charge in [0.05, 0.1) is 15.1 Å². The van der Waals surface area contributed by atoms with Gasteiger partial charge in [-0.15, -0.1) is 0 Å². The number of thiazole rings is 1. The van der Waals surface area contributed by atoms with E-state index in [4.69, 9.17) is 0 Å². The molecule has 3 rings (SSSR count). The number of rotatable bonds is 4. The molecule has 0 fully saturated rings. The maximum absolute atomic E-state index is 12.3. The van der Waals surface area contributed by atoms with E-state index < -0.39 is 10.8 Å². The Kier molecular flexibility index (Phi) is 4.40. The summed E-state index contributed by atoms with van der Waals surface area (Å²) in [7, 11) is 0. The first-order valence-electron chi connectivity index (χ1n) is 7.16. The lowest BCUT2D eigenvalue weighted by molar-refractivity contribution is -0.384. The Morgan fingerprint density at radius 3 is 2.68 bits per heavy atom. The van der Waals surface area contributed by atoms with E-state index in [1.165, 1.54) is 42.5 Å². The van der Waals surface area contributed by atoms with Crippen LogP contribution < -0.4 is 10.6 Å². The maximum atomic E-state index is 12.3.